The zero-order valence-corrected chi connectivity index (χ0v) is 23.3. The predicted molar refractivity (Wildman–Crippen MR) is 148 cm³/mol. The second kappa shape index (κ2) is 9.22. The summed E-state index contributed by atoms with van der Waals surface area (Å²) in [6, 6.07) is 2.77. The first-order valence-corrected chi connectivity index (χ1v) is 14.6. The highest BCUT2D eigenvalue weighted by molar-refractivity contribution is 7.15. The first kappa shape index (κ1) is 24.4. The van der Waals surface area contributed by atoms with Crippen molar-refractivity contribution in [3.8, 4) is 0 Å². The van der Waals surface area contributed by atoms with E-state index in [2.05, 4.69) is 22.1 Å². The van der Waals surface area contributed by atoms with Crippen molar-refractivity contribution in [1.82, 2.24) is 33.9 Å². The summed E-state index contributed by atoms with van der Waals surface area (Å²) in [5.41, 5.74) is 4.12. The van der Waals surface area contributed by atoms with E-state index in [0.717, 1.165) is 58.3 Å². The molecule has 11 nitrogen and oxygen atoms in total. The second-order valence-corrected chi connectivity index (χ2v) is 11.7. The van der Waals surface area contributed by atoms with Gasteiger partial charge in [0.05, 0.1) is 30.7 Å². The number of hydrogen-bond donors (Lipinski definition) is 1. The van der Waals surface area contributed by atoms with Crippen LogP contribution >= 0.6 is 11.3 Å². The number of carbonyl (C=O) groups is 2. The number of fused-ring (bicyclic) bond motifs is 4. The SMILES string of the molecule is CCOC(=O)N1CCc2nc(Nc3nc4c(cc(C(=O)N(C5CC5)C5CC5)n4CC)c4c3ncn4C)sc2C1. The predicted octanol–water partition coefficient (Wildman–Crippen LogP) is 4.42. The molecule has 0 saturated heterocycles. The molecule has 7 rings (SSSR count). The number of imidazole rings is 1. The van der Waals surface area contributed by atoms with Gasteiger partial charge in [-0.05, 0) is 45.6 Å². The Morgan fingerprint density at radius 3 is 2.64 bits per heavy atom. The van der Waals surface area contributed by atoms with Crippen LogP contribution in [0.3, 0.4) is 0 Å². The maximum absolute atomic E-state index is 13.8. The summed E-state index contributed by atoms with van der Waals surface area (Å²) in [4.78, 5) is 45.4. The number of hydrogen-bond acceptors (Lipinski definition) is 8. The molecule has 1 N–H and O–H groups in total. The lowest BCUT2D eigenvalue weighted by Gasteiger charge is -2.24. The van der Waals surface area contributed by atoms with Crippen LogP contribution in [-0.2, 0) is 31.3 Å². The zero-order chi connectivity index (χ0) is 26.8. The van der Waals surface area contributed by atoms with E-state index < -0.39 is 0 Å². The van der Waals surface area contributed by atoms with Gasteiger partial charge in [0, 0.05) is 48.9 Å². The molecule has 204 valence electrons. The lowest BCUT2D eigenvalue weighted by molar-refractivity contribution is 0.0719. The highest BCUT2D eigenvalue weighted by Crippen LogP contribution is 2.40. The average molecular weight is 549 g/mol. The monoisotopic (exact) mass is 548 g/mol. The molecule has 2 fully saturated rings. The fraction of sp³-hybridized carbons (Fsp3) is 0.519. The van der Waals surface area contributed by atoms with Gasteiger partial charge in [-0.3, -0.25) is 4.79 Å². The van der Waals surface area contributed by atoms with Crippen LogP contribution in [0, 0.1) is 0 Å². The van der Waals surface area contributed by atoms with Gasteiger partial charge >= 0.3 is 6.09 Å². The van der Waals surface area contributed by atoms with Gasteiger partial charge in [0.15, 0.2) is 10.9 Å². The molecule has 0 bridgehead atoms. The molecule has 5 heterocycles. The molecule has 0 atom stereocenters. The Bertz CT molecular complexity index is 1600. The summed E-state index contributed by atoms with van der Waals surface area (Å²) in [6.07, 6.45) is 6.57. The van der Waals surface area contributed by atoms with Gasteiger partial charge in [-0.1, -0.05) is 11.3 Å². The minimum absolute atomic E-state index is 0.114. The summed E-state index contributed by atoms with van der Waals surface area (Å²) >= 11 is 1.52. The molecule has 0 radical (unpaired) electrons. The van der Waals surface area contributed by atoms with Crippen molar-refractivity contribution in [2.75, 3.05) is 18.5 Å². The number of anilines is 2. The molecular formula is C27H32N8O3S. The molecule has 0 aromatic carbocycles. The lowest BCUT2D eigenvalue weighted by atomic mass is 10.2. The zero-order valence-electron chi connectivity index (χ0n) is 22.4. The number of pyridine rings is 1. The normalized spacial score (nSPS) is 17.1. The summed E-state index contributed by atoms with van der Waals surface area (Å²) in [5.74, 6) is 0.725. The number of rotatable bonds is 7. The molecule has 0 spiro atoms. The van der Waals surface area contributed by atoms with Crippen molar-refractivity contribution in [2.45, 2.75) is 71.1 Å². The number of nitrogens with zero attached hydrogens (tertiary/aromatic N) is 7. The molecule has 39 heavy (non-hydrogen) atoms. The molecule has 2 aliphatic carbocycles. The Hall–Kier alpha value is -3.67. The van der Waals surface area contributed by atoms with Gasteiger partial charge < -0.3 is 29.0 Å². The highest BCUT2D eigenvalue weighted by atomic mass is 32.1. The summed E-state index contributed by atoms with van der Waals surface area (Å²) < 4.78 is 9.21. The smallest absolute Gasteiger partial charge is 0.410 e. The molecule has 4 aromatic rings. The third-order valence-electron chi connectivity index (χ3n) is 7.84. The van der Waals surface area contributed by atoms with Crippen molar-refractivity contribution >= 4 is 56.4 Å². The quantitative estimate of drug-likeness (QED) is 0.364. The van der Waals surface area contributed by atoms with Gasteiger partial charge in [-0.25, -0.2) is 19.7 Å². The third-order valence-corrected chi connectivity index (χ3v) is 8.83. The standard InChI is InChI=1S/C27H32N8O3S/c1-4-34-19(25(36)35(15-6-7-15)16-8-9-16)12-17-22-21(28-14-32(22)3)23(30-24(17)34)31-26-29-18-10-11-33(13-20(18)39-26)27(37)38-5-2/h12,14-16H,4-11,13H2,1-3H3,(H,29,30,31). The van der Waals surface area contributed by atoms with E-state index in [-0.39, 0.29) is 12.0 Å². The van der Waals surface area contributed by atoms with Crippen LogP contribution in [0.25, 0.3) is 22.1 Å². The van der Waals surface area contributed by atoms with Gasteiger partial charge in [-0.2, -0.15) is 0 Å². The van der Waals surface area contributed by atoms with Crippen LogP contribution in [-0.4, -0.2) is 71.1 Å². The fourth-order valence-electron chi connectivity index (χ4n) is 5.69. The van der Waals surface area contributed by atoms with Crippen LogP contribution in [0.2, 0.25) is 0 Å². The summed E-state index contributed by atoms with van der Waals surface area (Å²) in [5, 5.41) is 5.06. The fourth-order valence-corrected chi connectivity index (χ4v) is 6.71. The Labute approximate surface area is 229 Å². The van der Waals surface area contributed by atoms with Gasteiger partial charge in [0.2, 0.25) is 0 Å². The molecule has 2 amide bonds. The second-order valence-electron chi connectivity index (χ2n) is 10.6. The number of aromatic nitrogens is 5. The molecule has 3 aliphatic rings. The molecule has 0 unspecified atom stereocenters. The van der Waals surface area contributed by atoms with E-state index in [1.54, 1.807) is 11.2 Å². The lowest BCUT2D eigenvalue weighted by Crippen LogP contribution is -2.36. The molecule has 2 saturated carbocycles. The van der Waals surface area contributed by atoms with Crippen LogP contribution in [0.5, 0.6) is 0 Å². The summed E-state index contributed by atoms with van der Waals surface area (Å²) in [6.45, 7) is 5.94. The number of nitrogens with one attached hydrogen (secondary N) is 1. The number of ether oxygens (including phenoxy) is 1. The van der Waals surface area contributed by atoms with Gasteiger partial charge in [0.1, 0.15) is 16.9 Å². The Morgan fingerprint density at radius 2 is 1.95 bits per heavy atom. The minimum Gasteiger partial charge on any atom is -0.450 e. The van der Waals surface area contributed by atoms with E-state index in [1.807, 2.05) is 29.2 Å². The van der Waals surface area contributed by atoms with Crippen molar-refractivity contribution in [2.24, 2.45) is 7.05 Å². The van der Waals surface area contributed by atoms with Crippen molar-refractivity contribution in [1.29, 1.82) is 0 Å². The third kappa shape index (κ3) is 4.12. The van der Waals surface area contributed by atoms with E-state index in [1.165, 1.54) is 11.3 Å². The van der Waals surface area contributed by atoms with Gasteiger partial charge in [0.25, 0.3) is 5.91 Å². The summed E-state index contributed by atoms with van der Waals surface area (Å²) in [7, 11) is 1.97. The molecule has 4 aromatic heterocycles. The van der Waals surface area contributed by atoms with Crippen molar-refractivity contribution < 1.29 is 14.3 Å². The largest absolute Gasteiger partial charge is 0.450 e. The Morgan fingerprint density at radius 1 is 1.18 bits per heavy atom. The van der Waals surface area contributed by atoms with E-state index in [4.69, 9.17) is 14.7 Å². The van der Waals surface area contributed by atoms with Crippen LogP contribution in [0.15, 0.2) is 12.4 Å². The molecule has 1 aliphatic heterocycles. The number of carbonyl (C=O) groups excluding carboxylic acids is 2. The van der Waals surface area contributed by atoms with E-state index in [9.17, 15) is 9.59 Å². The maximum Gasteiger partial charge on any atom is 0.410 e. The maximum atomic E-state index is 13.8. The van der Waals surface area contributed by atoms with E-state index >= 15 is 0 Å². The number of thiazole rings is 1. The van der Waals surface area contributed by atoms with Gasteiger partial charge in [-0.15, -0.1) is 0 Å². The van der Waals surface area contributed by atoms with Crippen LogP contribution in [0.1, 0.15) is 60.6 Å². The number of aryl methyl sites for hydroxylation is 2. The topological polar surface area (TPSA) is 110 Å². The van der Waals surface area contributed by atoms with Crippen molar-refractivity contribution in [3.05, 3.63) is 28.7 Å². The highest BCUT2D eigenvalue weighted by Gasteiger charge is 2.43. The molecule has 12 heteroatoms. The first-order valence-electron chi connectivity index (χ1n) is 13.8. The Kier molecular flexibility index (Phi) is 5.76. The van der Waals surface area contributed by atoms with Crippen LogP contribution < -0.4 is 5.32 Å². The average Bonchev–Trinajstić information content (AvgIpc) is 3.83. The minimum atomic E-state index is -0.291. The van der Waals surface area contributed by atoms with Crippen molar-refractivity contribution in [3.63, 3.8) is 0 Å². The first-order chi connectivity index (χ1) is 19.0. The molecular weight excluding hydrogens is 516 g/mol. The number of amides is 2. The van der Waals surface area contributed by atoms with E-state index in [0.29, 0.717) is 61.4 Å². The van der Waals surface area contributed by atoms with Crippen LogP contribution in [0.4, 0.5) is 15.7 Å². The Balaban J connectivity index is 1.26.